The molecule has 0 bridgehead atoms. The van der Waals surface area contributed by atoms with Crippen molar-refractivity contribution in [3.05, 3.63) is 41.0 Å². The minimum absolute atomic E-state index is 0.232. The number of aryl methyl sites for hydroxylation is 1. The van der Waals surface area contributed by atoms with Crippen LogP contribution >= 0.6 is 0 Å². The maximum absolute atomic E-state index is 5.80. The van der Waals surface area contributed by atoms with Crippen molar-refractivity contribution in [3.8, 4) is 5.75 Å². The Kier molecular flexibility index (Phi) is 4.74. The summed E-state index contributed by atoms with van der Waals surface area (Å²) in [6.07, 6.45) is 0. The highest BCUT2D eigenvalue weighted by atomic mass is 16.5. The van der Waals surface area contributed by atoms with Crippen molar-refractivity contribution >= 4 is 0 Å². The van der Waals surface area contributed by atoms with Gasteiger partial charge in [-0.15, -0.1) is 0 Å². The third-order valence-electron chi connectivity index (χ3n) is 2.92. The van der Waals surface area contributed by atoms with Crippen molar-refractivity contribution in [1.29, 1.82) is 0 Å². The predicted octanol–water partition coefficient (Wildman–Crippen LogP) is 2.80. The number of hydrogen-bond acceptors (Lipinski definition) is 5. The van der Waals surface area contributed by atoms with Crippen LogP contribution in [-0.4, -0.2) is 17.2 Å². The van der Waals surface area contributed by atoms with Crippen molar-refractivity contribution in [1.82, 2.24) is 15.5 Å². The average molecular weight is 275 g/mol. The molecule has 108 valence electrons. The fraction of sp³-hybridized carbons (Fsp3) is 0.467. The molecule has 2 rings (SSSR count). The SMILES string of the molecule is CNCc1cc(C)ccc1OCc1noc(C(C)C)n1. The van der Waals surface area contributed by atoms with Crippen LogP contribution in [0.3, 0.4) is 0 Å². The van der Waals surface area contributed by atoms with E-state index in [9.17, 15) is 0 Å². The van der Waals surface area contributed by atoms with Gasteiger partial charge in [0.15, 0.2) is 6.61 Å². The van der Waals surface area contributed by atoms with Crippen molar-refractivity contribution in [2.75, 3.05) is 7.05 Å². The fourth-order valence-corrected chi connectivity index (χ4v) is 1.88. The quantitative estimate of drug-likeness (QED) is 0.878. The van der Waals surface area contributed by atoms with Gasteiger partial charge >= 0.3 is 0 Å². The summed E-state index contributed by atoms with van der Waals surface area (Å²) in [6.45, 7) is 7.18. The van der Waals surface area contributed by atoms with E-state index in [4.69, 9.17) is 9.26 Å². The molecule has 0 fully saturated rings. The van der Waals surface area contributed by atoms with Gasteiger partial charge in [0.05, 0.1) is 0 Å². The molecular weight excluding hydrogens is 254 g/mol. The molecule has 0 saturated carbocycles. The Balaban J connectivity index is 2.06. The van der Waals surface area contributed by atoms with Gasteiger partial charge in [-0.1, -0.05) is 36.7 Å². The molecule has 5 nitrogen and oxygen atoms in total. The normalized spacial score (nSPS) is 11.1. The summed E-state index contributed by atoms with van der Waals surface area (Å²) in [5.41, 5.74) is 2.34. The number of ether oxygens (including phenoxy) is 1. The van der Waals surface area contributed by atoms with E-state index < -0.39 is 0 Å². The Labute approximate surface area is 119 Å². The number of rotatable bonds is 6. The first-order valence-electron chi connectivity index (χ1n) is 6.79. The molecule has 1 heterocycles. The molecule has 0 amide bonds. The van der Waals surface area contributed by atoms with Gasteiger partial charge in [-0.05, 0) is 20.0 Å². The van der Waals surface area contributed by atoms with Crippen LogP contribution in [0.2, 0.25) is 0 Å². The summed E-state index contributed by atoms with van der Waals surface area (Å²) < 4.78 is 11.0. The van der Waals surface area contributed by atoms with E-state index in [1.54, 1.807) is 0 Å². The van der Waals surface area contributed by atoms with E-state index in [1.807, 2.05) is 33.0 Å². The summed E-state index contributed by atoms with van der Waals surface area (Å²) in [5.74, 6) is 2.30. The maximum atomic E-state index is 5.80. The van der Waals surface area contributed by atoms with Gasteiger partial charge in [-0.2, -0.15) is 4.98 Å². The molecule has 1 aromatic carbocycles. The van der Waals surface area contributed by atoms with Gasteiger partial charge in [0.25, 0.3) is 0 Å². The average Bonchev–Trinajstić information content (AvgIpc) is 2.87. The number of nitrogens with one attached hydrogen (secondary N) is 1. The smallest absolute Gasteiger partial charge is 0.229 e. The first kappa shape index (κ1) is 14.5. The second-order valence-electron chi connectivity index (χ2n) is 5.13. The fourth-order valence-electron chi connectivity index (χ4n) is 1.88. The molecule has 20 heavy (non-hydrogen) atoms. The van der Waals surface area contributed by atoms with Crippen LogP contribution in [0.1, 0.15) is 42.6 Å². The van der Waals surface area contributed by atoms with Crippen molar-refractivity contribution in [3.63, 3.8) is 0 Å². The lowest BCUT2D eigenvalue weighted by atomic mass is 10.1. The molecule has 1 aromatic heterocycles. The molecule has 0 aliphatic rings. The molecule has 0 radical (unpaired) electrons. The third kappa shape index (κ3) is 3.57. The zero-order valence-corrected chi connectivity index (χ0v) is 12.4. The molecule has 0 atom stereocenters. The molecule has 0 saturated heterocycles. The van der Waals surface area contributed by atoms with Crippen LogP contribution in [-0.2, 0) is 13.2 Å². The predicted molar refractivity (Wildman–Crippen MR) is 76.7 cm³/mol. The summed E-state index contributed by atoms with van der Waals surface area (Å²) in [5, 5.41) is 7.06. The second kappa shape index (κ2) is 6.52. The van der Waals surface area contributed by atoms with Gasteiger partial charge in [-0.3, -0.25) is 0 Å². The van der Waals surface area contributed by atoms with Crippen molar-refractivity contribution < 1.29 is 9.26 Å². The Morgan fingerprint density at radius 1 is 1.35 bits per heavy atom. The van der Waals surface area contributed by atoms with Gasteiger partial charge in [0.1, 0.15) is 5.75 Å². The van der Waals surface area contributed by atoms with Crippen molar-refractivity contribution in [2.24, 2.45) is 0 Å². The molecule has 0 unspecified atom stereocenters. The van der Waals surface area contributed by atoms with Gasteiger partial charge in [0, 0.05) is 18.0 Å². The van der Waals surface area contributed by atoms with Crippen LogP contribution in [0.15, 0.2) is 22.7 Å². The van der Waals surface area contributed by atoms with E-state index in [2.05, 4.69) is 28.4 Å². The van der Waals surface area contributed by atoms with E-state index >= 15 is 0 Å². The first-order valence-corrected chi connectivity index (χ1v) is 6.79. The number of hydrogen-bond donors (Lipinski definition) is 1. The summed E-state index contributed by atoms with van der Waals surface area (Å²) in [7, 11) is 1.92. The Morgan fingerprint density at radius 3 is 2.80 bits per heavy atom. The van der Waals surface area contributed by atoms with E-state index in [1.165, 1.54) is 5.56 Å². The van der Waals surface area contributed by atoms with Gasteiger partial charge in [-0.25, -0.2) is 0 Å². The summed E-state index contributed by atoms with van der Waals surface area (Å²) in [4.78, 5) is 4.30. The van der Waals surface area contributed by atoms with Crippen LogP contribution < -0.4 is 10.1 Å². The molecule has 0 aliphatic carbocycles. The van der Waals surface area contributed by atoms with E-state index in [0.29, 0.717) is 18.3 Å². The van der Waals surface area contributed by atoms with Gasteiger partial charge < -0.3 is 14.6 Å². The minimum Gasteiger partial charge on any atom is -0.485 e. The lowest BCUT2D eigenvalue weighted by Gasteiger charge is -2.10. The van der Waals surface area contributed by atoms with E-state index in [-0.39, 0.29) is 5.92 Å². The highest BCUT2D eigenvalue weighted by Gasteiger charge is 2.11. The largest absolute Gasteiger partial charge is 0.485 e. The van der Waals surface area contributed by atoms with Crippen LogP contribution in [0.4, 0.5) is 0 Å². The zero-order valence-electron chi connectivity index (χ0n) is 12.4. The molecule has 0 aliphatic heterocycles. The lowest BCUT2D eigenvalue weighted by molar-refractivity contribution is 0.281. The Morgan fingerprint density at radius 2 is 2.15 bits per heavy atom. The molecule has 0 spiro atoms. The topological polar surface area (TPSA) is 60.2 Å². The van der Waals surface area contributed by atoms with E-state index in [0.717, 1.165) is 17.9 Å². The lowest BCUT2D eigenvalue weighted by Crippen LogP contribution is -2.08. The van der Waals surface area contributed by atoms with Gasteiger partial charge in [0.2, 0.25) is 11.7 Å². The minimum atomic E-state index is 0.232. The number of aromatic nitrogens is 2. The summed E-state index contributed by atoms with van der Waals surface area (Å²) in [6, 6.07) is 6.12. The molecule has 5 heteroatoms. The Bertz CT molecular complexity index is 564. The van der Waals surface area contributed by atoms with Crippen LogP contribution in [0.5, 0.6) is 5.75 Å². The highest BCUT2D eigenvalue weighted by Crippen LogP contribution is 2.21. The maximum Gasteiger partial charge on any atom is 0.229 e. The number of benzene rings is 1. The van der Waals surface area contributed by atoms with Crippen LogP contribution in [0, 0.1) is 6.92 Å². The Hall–Kier alpha value is -1.88. The first-order chi connectivity index (χ1) is 9.60. The monoisotopic (exact) mass is 275 g/mol. The van der Waals surface area contributed by atoms with Crippen molar-refractivity contribution in [2.45, 2.75) is 39.8 Å². The molecule has 2 aromatic rings. The standard InChI is InChI=1S/C15H21N3O2/c1-10(2)15-17-14(18-20-15)9-19-13-6-5-11(3)7-12(13)8-16-4/h5-7,10,16H,8-9H2,1-4H3. The van der Waals surface area contributed by atoms with Crippen LogP contribution in [0.25, 0.3) is 0 Å². The summed E-state index contributed by atoms with van der Waals surface area (Å²) >= 11 is 0. The zero-order chi connectivity index (χ0) is 14.5. The third-order valence-corrected chi connectivity index (χ3v) is 2.92. The molecular formula is C15H21N3O2. The second-order valence-corrected chi connectivity index (χ2v) is 5.13. The number of nitrogens with zero attached hydrogens (tertiary/aromatic N) is 2. The molecule has 1 N–H and O–H groups in total. The highest BCUT2D eigenvalue weighted by molar-refractivity contribution is 5.36.